The van der Waals surface area contributed by atoms with Gasteiger partial charge in [-0.05, 0) is 74.3 Å². The summed E-state index contributed by atoms with van der Waals surface area (Å²) in [5.74, 6) is -0.217. The molecule has 0 unspecified atom stereocenters. The number of thioether (sulfide) groups is 1. The number of hydrogen-bond donors (Lipinski definition) is 5. The van der Waals surface area contributed by atoms with Gasteiger partial charge in [-0.3, -0.25) is 9.59 Å². The van der Waals surface area contributed by atoms with Gasteiger partial charge in [0.05, 0.1) is 12.3 Å². The van der Waals surface area contributed by atoms with E-state index in [0.29, 0.717) is 27.3 Å². The van der Waals surface area contributed by atoms with E-state index in [9.17, 15) is 24.9 Å². The number of primary amides is 1. The molecule has 2 amide bonds. The first-order valence-electron chi connectivity index (χ1n) is 11.7. The van der Waals surface area contributed by atoms with Gasteiger partial charge in [0.2, 0.25) is 5.88 Å². The van der Waals surface area contributed by atoms with Crippen molar-refractivity contribution in [1.82, 2.24) is 20.1 Å². The van der Waals surface area contributed by atoms with Gasteiger partial charge in [0.15, 0.2) is 0 Å². The number of hydrogen-bond acceptors (Lipinski definition) is 9. The molecule has 0 radical (unpaired) electrons. The summed E-state index contributed by atoms with van der Waals surface area (Å²) in [5.41, 5.74) is 7.26. The molecule has 12 heteroatoms. The van der Waals surface area contributed by atoms with E-state index >= 15 is 0 Å². The smallest absolute Gasteiger partial charge is 0.389 e. The normalized spacial score (nSPS) is 18.1. The first kappa shape index (κ1) is 26.6. The molecular weight excluding hydrogens is 498 g/mol. The number of nitrogens with one attached hydrogen (secondary N) is 1. The molecule has 37 heavy (non-hydrogen) atoms. The third kappa shape index (κ3) is 6.46. The predicted molar refractivity (Wildman–Crippen MR) is 136 cm³/mol. The summed E-state index contributed by atoms with van der Waals surface area (Å²) >= 11 is 1.47. The maximum absolute atomic E-state index is 13.0. The van der Waals surface area contributed by atoms with Crippen LogP contribution in [-0.4, -0.2) is 60.3 Å². The van der Waals surface area contributed by atoms with Gasteiger partial charge in [-0.2, -0.15) is 9.78 Å². The Kier molecular flexibility index (Phi) is 7.83. The maximum Gasteiger partial charge on any atom is 0.389 e. The van der Waals surface area contributed by atoms with E-state index in [0.717, 1.165) is 24.2 Å². The van der Waals surface area contributed by atoms with Gasteiger partial charge in [0, 0.05) is 34.5 Å². The second-order valence-corrected chi connectivity index (χ2v) is 10.00. The summed E-state index contributed by atoms with van der Waals surface area (Å²) in [6.07, 6.45) is 5.16. The zero-order chi connectivity index (χ0) is 26.7. The number of nitrogens with zero attached hydrogens (tertiary/aromatic N) is 3. The van der Waals surface area contributed by atoms with Crippen LogP contribution in [0.1, 0.15) is 46.9 Å². The van der Waals surface area contributed by atoms with Crippen LogP contribution in [0.3, 0.4) is 0 Å². The third-order valence-electron chi connectivity index (χ3n) is 6.21. The monoisotopic (exact) mass is 527 g/mol. The quantitative estimate of drug-likeness (QED) is 0.194. The topological polar surface area (TPSA) is 173 Å². The zero-order valence-electron chi connectivity index (χ0n) is 20.4. The Morgan fingerprint density at radius 2 is 2.03 bits per heavy atom. The Hall–Kier alpha value is -3.45. The van der Waals surface area contributed by atoms with Crippen LogP contribution >= 0.6 is 11.8 Å². The Balaban J connectivity index is 1.34. The standard InChI is InChI=1S/C25H29N5O6S/c1-14(36-24-21(22(26)31)4-3-5-27-24)6-15-7-19(8-15)29-23(32)17-9-16(10-20(11-17)37-2)18-12-28-30(13-18)25(33,34)35/h3-5,9-15,19,33-35H,6-8H2,1-2H3,(H2,26,31)(H,29,32)/t14-,15?,19?/m0/s1. The molecule has 6 N–H and O–H groups in total. The van der Waals surface area contributed by atoms with Crippen molar-refractivity contribution in [3.63, 3.8) is 0 Å². The average Bonchev–Trinajstić information content (AvgIpc) is 3.33. The highest BCUT2D eigenvalue weighted by molar-refractivity contribution is 7.98. The first-order chi connectivity index (χ1) is 17.5. The number of ether oxygens (including phenoxy) is 1. The van der Waals surface area contributed by atoms with Crippen molar-refractivity contribution in [2.45, 2.75) is 49.3 Å². The van der Waals surface area contributed by atoms with Gasteiger partial charge in [0.1, 0.15) is 5.56 Å². The molecule has 1 aromatic carbocycles. The Morgan fingerprint density at radius 1 is 1.27 bits per heavy atom. The van der Waals surface area contributed by atoms with Crippen LogP contribution in [0.4, 0.5) is 0 Å². The molecule has 0 saturated heterocycles. The largest absolute Gasteiger partial charge is 0.474 e. The van der Waals surface area contributed by atoms with E-state index in [1.807, 2.05) is 19.2 Å². The van der Waals surface area contributed by atoms with Crippen LogP contribution < -0.4 is 15.8 Å². The number of aliphatic hydroxyl groups is 3. The number of carbonyl (C=O) groups is 2. The molecular formula is C25H29N5O6S. The van der Waals surface area contributed by atoms with Gasteiger partial charge < -0.3 is 31.1 Å². The van der Waals surface area contributed by atoms with Crippen molar-refractivity contribution in [1.29, 1.82) is 0 Å². The molecule has 1 aliphatic carbocycles. The fourth-order valence-corrected chi connectivity index (χ4v) is 4.84. The number of benzene rings is 1. The van der Waals surface area contributed by atoms with E-state index in [-0.39, 0.29) is 29.5 Å². The van der Waals surface area contributed by atoms with Crippen LogP contribution in [0.2, 0.25) is 0 Å². The molecule has 2 heterocycles. The van der Waals surface area contributed by atoms with Crippen LogP contribution in [0, 0.1) is 5.92 Å². The molecule has 2 aromatic heterocycles. The second-order valence-electron chi connectivity index (χ2n) is 9.12. The number of aromatic nitrogens is 3. The number of rotatable bonds is 10. The molecule has 0 aliphatic heterocycles. The Bertz CT molecular complexity index is 1280. The van der Waals surface area contributed by atoms with Gasteiger partial charge in [-0.25, -0.2) is 4.98 Å². The lowest BCUT2D eigenvalue weighted by Gasteiger charge is -2.37. The molecule has 4 rings (SSSR count). The van der Waals surface area contributed by atoms with Gasteiger partial charge in [-0.15, -0.1) is 11.8 Å². The molecule has 11 nitrogen and oxygen atoms in total. The number of amides is 2. The van der Waals surface area contributed by atoms with E-state index in [1.165, 1.54) is 24.2 Å². The van der Waals surface area contributed by atoms with E-state index < -0.39 is 12.0 Å². The second kappa shape index (κ2) is 10.9. The SMILES string of the molecule is CSc1cc(C(=O)NC2CC(C[C@H](C)Oc3ncccc3C(N)=O)C2)cc(-c2cnn(C(O)(O)O)c2)c1. The van der Waals surface area contributed by atoms with Crippen molar-refractivity contribution in [2.24, 2.45) is 11.7 Å². The molecule has 196 valence electrons. The van der Waals surface area contributed by atoms with Crippen LogP contribution in [0.25, 0.3) is 11.1 Å². The lowest BCUT2D eigenvalue weighted by Crippen LogP contribution is -2.45. The molecule has 1 aliphatic rings. The van der Waals surface area contributed by atoms with Crippen molar-refractivity contribution < 1.29 is 29.6 Å². The molecule has 1 fully saturated rings. The summed E-state index contributed by atoms with van der Waals surface area (Å²) in [5, 5.41) is 34.8. The van der Waals surface area contributed by atoms with Crippen LogP contribution in [0.15, 0.2) is 53.8 Å². The van der Waals surface area contributed by atoms with Gasteiger partial charge >= 0.3 is 6.10 Å². The number of nitrogens with two attached hydrogens (primary N) is 1. The van der Waals surface area contributed by atoms with Crippen LogP contribution in [-0.2, 0) is 6.10 Å². The molecule has 0 bridgehead atoms. The minimum Gasteiger partial charge on any atom is -0.474 e. The average molecular weight is 528 g/mol. The van der Waals surface area contributed by atoms with Gasteiger partial charge in [0.25, 0.3) is 11.8 Å². The zero-order valence-corrected chi connectivity index (χ0v) is 21.2. The summed E-state index contributed by atoms with van der Waals surface area (Å²) < 4.78 is 6.45. The van der Waals surface area contributed by atoms with Crippen molar-refractivity contribution in [2.75, 3.05) is 6.26 Å². The summed E-state index contributed by atoms with van der Waals surface area (Å²) in [6.45, 7) is 1.91. The van der Waals surface area contributed by atoms with Crippen LogP contribution in [0.5, 0.6) is 5.88 Å². The Labute approximate surface area is 217 Å². The summed E-state index contributed by atoms with van der Waals surface area (Å²) in [4.78, 5) is 29.5. The van der Waals surface area contributed by atoms with Crippen molar-refractivity contribution in [3.8, 4) is 17.0 Å². The fraction of sp³-hybridized carbons (Fsp3) is 0.360. The fourth-order valence-electron chi connectivity index (χ4n) is 4.35. The highest BCUT2D eigenvalue weighted by atomic mass is 32.2. The van der Waals surface area contributed by atoms with Crippen molar-refractivity contribution in [3.05, 3.63) is 60.0 Å². The Morgan fingerprint density at radius 3 is 2.68 bits per heavy atom. The van der Waals surface area contributed by atoms with E-state index in [2.05, 4.69) is 15.4 Å². The van der Waals surface area contributed by atoms with Crippen molar-refractivity contribution >= 4 is 23.6 Å². The third-order valence-corrected chi connectivity index (χ3v) is 6.92. The summed E-state index contributed by atoms with van der Waals surface area (Å²) in [6, 6.07) is 8.57. The number of carbonyl (C=O) groups excluding carboxylic acids is 2. The predicted octanol–water partition coefficient (Wildman–Crippen LogP) is 1.68. The minimum absolute atomic E-state index is 0.0312. The molecule has 1 atom stereocenters. The van der Waals surface area contributed by atoms with Gasteiger partial charge in [-0.1, -0.05) is 0 Å². The lowest BCUT2D eigenvalue weighted by atomic mass is 9.77. The molecule has 3 aromatic rings. The highest BCUT2D eigenvalue weighted by Gasteiger charge is 2.32. The molecule has 0 spiro atoms. The number of pyridine rings is 1. The first-order valence-corrected chi connectivity index (χ1v) is 12.9. The highest BCUT2D eigenvalue weighted by Crippen LogP contribution is 2.33. The lowest BCUT2D eigenvalue weighted by molar-refractivity contribution is -0.380. The maximum atomic E-state index is 13.0. The van der Waals surface area contributed by atoms with E-state index in [1.54, 1.807) is 30.5 Å². The summed E-state index contributed by atoms with van der Waals surface area (Å²) in [7, 11) is 0. The molecule has 1 saturated carbocycles. The minimum atomic E-state index is -3.11. The van der Waals surface area contributed by atoms with E-state index in [4.69, 9.17) is 10.5 Å².